The van der Waals surface area contributed by atoms with Gasteiger partial charge in [0.05, 0.1) is 11.7 Å². The molecule has 1 aromatic heterocycles. The maximum Gasteiger partial charge on any atom is 0.210 e. The highest BCUT2D eigenvalue weighted by atomic mass is 16.1. The van der Waals surface area contributed by atoms with Gasteiger partial charge in [-0.2, -0.15) is 0 Å². The molecule has 0 bridgehead atoms. The maximum atomic E-state index is 10.8. The summed E-state index contributed by atoms with van der Waals surface area (Å²) in [6, 6.07) is 4.24. The largest absolute Gasteiger partial charge is 0.337 e. The van der Waals surface area contributed by atoms with Crippen LogP contribution in [0.25, 0.3) is 0 Å². The number of pyridine rings is 1. The first kappa shape index (κ1) is 9.19. The Hall–Kier alpha value is -1.38. The van der Waals surface area contributed by atoms with Crippen LogP contribution in [0.5, 0.6) is 0 Å². The lowest BCUT2D eigenvalue weighted by atomic mass is 10.1. The smallest absolute Gasteiger partial charge is 0.210 e. The second-order valence-electron chi connectivity index (χ2n) is 3.76. The van der Waals surface area contributed by atoms with Crippen LogP contribution in [-0.2, 0) is 4.79 Å². The lowest BCUT2D eigenvalue weighted by molar-refractivity contribution is -0.119. The minimum Gasteiger partial charge on any atom is -0.337 e. The Balaban J connectivity index is 2.25. The molecule has 1 aromatic rings. The summed E-state index contributed by atoms with van der Waals surface area (Å²) in [5, 5.41) is 0. The van der Waals surface area contributed by atoms with E-state index in [0.29, 0.717) is 0 Å². The number of nitrogens with zero attached hydrogens (tertiary/aromatic N) is 2. The van der Waals surface area contributed by atoms with Crippen LogP contribution in [0.15, 0.2) is 18.3 Å². The Labute approximate surface area is 83.8 Å². The zero-order valence-electron chi connectivity index (χ0n) is 8.31. The van der Waals surface area contributed by atoms with Crippen LogP contribution in [0.4, 0.5) is 0 Å². The van der Waals surface area contributed by atoms with Crippen molar-refractivity contribution in [1.82, 2.24) is 9.88 Å². The van der Waals surface area contributed by atoms with Crippen molar-refractivity contribution in [1.29, 1.82) is 0 Å². The number of amides is 1. The van der Waals surface area contributed by atoms with Crippen LogP contribution in [0.1, 0.15) is 30.1 Å². The lowest BCUT2D eigenvalue weighted by Crippen LogP contribution is -2.21. The Morgan fingerprint density at radius 2 is 2.50 bits per heavy atom. The molecule has 0 saturated carbocycles. The minimum atomic E-state index is 0.201. The number of aromatic nitrogens is 1. The Kier molecular flexibility index (Phi) is 2.48. The van der Waals surface area contributed by atoms with Crippen LogP contribution in [-0.4, -0.2) is 22.8 Å². The van der Waals surface area contributed by atoms with E-state index in [2.05, 4.69) is 11.1 Å². The molecule has 0 N–H and O–H groups in total. The molecule has 1 aliphatic heterocycles. The van der Waals surface area contributed by atoms with Crippen molar-refractivity contribution in [3.05, 3.63) is 29.6 Å². The Morgan fingerprint density at radius 3 is 3.21 bits per heavy atom. The van der Waals surface area contributed by atoms with E-state index in [-0.39, 0.29) is 6.04 Å². The molecule has 2 heterocycles. The zero-order chi connectivity index (χ0) is 9.97. The minimum absolute atomic E-state index is 0.201. The Bertz CT molecular complexity index is 338. The second kappa shape index (κ2) is 3.78. The van der Waals surface area contributed by atoms with Crippen LogP contribution < -0.4 is 0 Å². The summed E-state index contributed by atoms with van der Waals surface area (Å²) < 4.78 is 0. The molecule has 1 fully saturated rings. The number of hydrogen-bond donors (Lipinski definition) is 0. The fourth-order valence-electron chi connectivity index (χ4n) is 1.97. The monoisotopic (exact) mass is 190 g/mol. The van der Waals surface area contributed by atoms with Gasteiger partial charge in [0.25, 0.3) is 0 Å². The van der Waals surface area contributed by atoms with E-state index in [0.717, 1.165) is 31.5 Å². The summed E-state index contributed by atoms with van der Waals surface area (Å²) >= 11 is 0. The summed E-state index contributed by atoms with van der Waals surface area (Å²) in [5.74, 6) is 0. The van der Waals surface area contributed by atoms with Gasteiger partial charge in [-0.3, -0.25) is 9.78 Å². The number of rotatable bonds is 2. The maximum absolute atomic E-state index is 10.8. The molecule has 0 radical (unpaired) electrons. The summed E-state index contributed by atoms with van der Waals surface area (Å²) in [5.41, 5.74) is 2.22. The van der Waals surface area contributed by atoms with E-state index < -0.39 is 0 Å². The highest BCUT2D eigenvalue weighted by Gasteiger charge is 2.25. The zero-order valence-corrected chi connectivity index (χ0v) is 8.31. The molecule has 0 unspecified atom stereocenters. The topological polar surface area (TPSA) is 33.2 Å². The van der Waals surface area contributed by atoms with Crippen molar-refractivity contribution in [3.63, 3.8) is 0 Å². The number of aryl methyl sites for hydroxylation is 1. The molecule has 3 nitrogen and oxygen atoms in total. The molecule has 74 valence electrons. The SMILES string of the molecule is Cc1ccnc([C@H]2CCCN2C=O)c1. The van der Waals surface area contributed by atoms with Gasteiger partial charge >= 0.3 is 0 Å². The van der Waals surface area contributed by atoms with Crippen LogP contribution in [0, 0.1) is 6.92 Å². The number of carbonyl (C=O) groups is 1. The number of carbonyl (C=O) groups excluding carboxylic acids is 1. The lowest BCUT2D eigenvalue weighted by Gasteiger charge is -2.19. The molecular formula is C11H14N2O. The average Bonchev–Trinajstić information content (AvgIpc) is 2.65. The van der Waals surface area contributed by atoms with Gasteiger partial charge < -0.3 is 4.90 Å². The van der Waals surface area contributed by atoms with Crippen LogP contribution in [0.3, 0.4) is 0 Å². The third kappa shape index (κ3) is 1.62. The fourth-order valence-corrected chi connectivity index (χ4v) is 1.97. The summed E-state index contributed by atoms with van der Waals surface area (Å²) in [7, 11) is 0. The predicted molar refractivity (Wildman–Crippen MR) is 53.7 cm³/mol. The standard InChI is InChI=1S/C11H14N2O/c1-9-4-5-12-10(7-9)11-3-2-6-13(11)8-14/h4-5,7-8,11H,2-3,6H2,1H3/t11-/m1/s1. The number of hydrogen-bond acceptors (Lipinski definition) is 2. The third-order valence-corrected chi connectivity index (χ3v) is 2.71. The van der Waals surface area contributed by atoms with Gasteiger partial charge in [-0.1, -0.05) is 0 Å². The van der Waals surface area contributed by atoms with Crippen molar-refractivity contribution in [2.75, 3.05) is 6.54 Å². The molecule has 14 heavy (non-hydrogen) atoms. The molecule has 0 aliphatic carbocycles. The van der Waals surface area contributed by atoms with E-state index >= 15 is 0 Å². The first-order valence-corrected chi connectivity index (χ1v) is 4.95. The van der Waals surface area contributed by atoms with E-state index in [4.69, 9.17) is 0 Å². The van der Waals surface area contributed by atoms with E-state index in [1.54, 1.807) is 0 Å². The van der Waals surface area contributed by atoms with Crippen LogP contribution >= 0.6 is 0 Å². The third-order valence-electron chi connectivity index (χ3n) is 2.71. The number of likely N-dealkylation sites (tertiary alicyclic amines) is 1. The normalized spacial score (nSPS) is 21.2. The van der Waals surface area contributed by atoms with E-state index in [9.17, 15) is 4.79 Å². The second-order valence-corrected chi connectivity index (χ2v) is 3.76. The van der Waals surface area contributed by atoms with Gasteiger partial charge in [-0.25, -0.2) is 0 Å². The van der Waals surface area contributed by atoms with Crippen molar-refractivity contribution in [2.45, 2.75) is 25.8 Å². The van der Waals surface area contributed by atoms with Crippen molar-refractivity contribution in [3.8, 4) is 0 Å². The van der Waals surface area contributed by atoms with Crippen molar-refractivity contribution < 1.29 is 4.79 Å². The van der Waals surface area contributed by atoms with E-state index in [1.807, 2.05) is 24.1 Å². The first-order chi connectivity index (χ1) is 6.81. The average molecular weight is 190 g/mol. The van der Waals surface area contributed by atoms with Crippen molar-refractivity contribution in [2.24, 2.45) is 0 Å². The van der Waals surface area contributed by atoms with Gasteiger partial charge in [0, 0.05) is 12.7 Å². The van der Waals surface area contributed by atoms with E-state index in [1.165, 1.54) is 5.56 Å². The van der Waals surface area contributed by atoms with Crippen molar-refractivity contribution >= 4 is 6.41 Å². The molecular weight excluding hydrogens is 176 g/mol. The molecule has 1 aliphatic rings. The molecule has 2 rings (SSSR count). The quantitative estimate of drug-likeness (QED) is 0.665. The summed E-state index contributed by atoms with van der Waals surface area (Å²) in [6.07, 6.45) is 4.86. The highest BCUT2D eigenvalue weighted by Crippen LogP contribution is 2.29. The highest BCUT2D eigenvalue weighted by molar-refractivity contribution is 5.49. The van der Waals surface area contributed by atoms with Gasteiger partial charge in [-0.15, -0.1) is 0 Å². The van der Waals surface area contributed by atoms with Crippen LogP contribution in [0.2, 0.25) is 0 Å². The first-order valence-electron chi connectivity index (χ1n) is 4.95. The molecule has 3 heteroatoms. The molecule has 1 saturated heterocycles. The molecule has 0 spiro atoms. The van der Waals surface area contributed by atoms with Gasteiger partial charge in [-0.05, 0) is 37.5 Å². The predicted octanol–water partition coefficient (Wildman–Crippen LogP) is 1.68. The molecule has 0 aromatic carbocycles. The fraction of sp³-hybridized carbons (Fsp3) is 0.455. The Morgan fingerprint density at radius 1 is 1.64 bits per heavy atom. The van der Waals surface area contributed by atoms with Gasteiger partial charge in [0.1, 0.15) is 0 Å². The summed E-state index contributed by atoms with van der Waals surface area (Å²) in [6.45, 7) is 2.91. The van der Waals surface area contributed by atoms with Gasteiger partial charge in [0.15, 0.2) is 0 Å². The molecule has 1 amide bonds. The van der Waals surface area contributed by atoms with Gasteiger partial charge in [0.2, 0.25) is 6.41 Å². The molecule has 1 atom stereocenters. The summed E-state index contributed by atoms with van der Waals surface area (Å²) in [4.78, 5) is 16.9.